The molecule has 0 unspecified atom stereocenters. The van der Waals surface area contributed by atoms with Crippen molar-refractivity contribution in [3.05, 3.63) is 30.1 Å². The van der Waals surface area contributed by atoms with E-state index in [1.807, 2.05) is 4.57 Å². The van der Waals surface area contributed by atoms with Crippen molar-refractivity contribution in [2.45, 2.75) is 30.5 Å². The summed E-state index contributed by atoms with van der Waals surface area (Å²) in [6.07, 6.45) is 2.83. The molecule has 0 bridgehead atoms. The number of nitrogens with zero attached hydrogens (tertiary/aromatic N) is 3. The molecule has 6 nitrogen and oxygen atoms in total. The van der Waals surface area contributed by atoms with Crippen LogP contribution in [0.25, 0.3) is 11.4 Å². The Labute approximate surface area is 150 Å². The maximum absolute atomic E-state index is 14.1. The van der Waals surface area contributed by atoms with Gasteiger partial charge in [0.25, 0.3) is 0 Å². The zero-order valence-electron chi connectivity index (χ0n) is 14.1. The number of rotatable bonds is 9. The number of hydrogen-bond acceptors (Lipinski definition) is 5. The second-order valence-corrected chi connectivity index (χ2v) is 6.81. The molecular weight excluding hydrogens is 343 g/mol. The quantitative estimate of drug-likeness (QED) is 0.547. The van der Waals surface area contributed by atoms with E-state index >= 15 is 0 Å². The summed E-state index contributed by atoms with van der Waals surface area (Å²) in [7, 11) is 1.63. The first kappa shape index (κ1) is 17.9. The summed E-state index contributed by atoms with van der Waals surface area (Å²) < 4.78 is 21.0. The average Bonchev–Trinajstić information content (AvgIpc) is 3.37. The second kappa shape index (κ2) is 8.44. The summed E-state index contributed by atoms with van der Waals surface area (Å²) in [5.41, 5.74) is 0.442. The molecule has 1 N–H and O–H groups in total. The van der Waals surface area contributed by atoms with Crippen LogP contribution in [0, 0.1) is 5.82 Å². The molecule has 0 saturated heterocycles. The van der Waals surface area contributed by atoms with Gasteiger partial charge in [-0.2, -0.15) is 0 Å². The first-order valence-electron chi connectivity index (χ1n) is 8.29. The summed E-state index contributed by atoms with van der Waals surface area (Å²) in [6, 6.07) is 6.85. The van der Waals surface area contributed by atoms with Crippen LogP contribution < -0.4 is 5.32 Å². The normalized spacial score (nSPS) is 13.8. The van der Waals surface area contributed by atoms with Crippen molar-refractivity contribution < 1.29 is 13.9 Å². The summed E-state index contributed by atoms with van der Waals surface area (Å²) >= 11 is 1.33. The zero-order valence-corrected chi connectivity index (χ0v) is 14.9. The van der Waals surface area contributed by atoms with Gasteiger partial charge in [0, 0.05) is 26.3 Å². The lowest BCUT2D eigenvalue weighted by Crippen LogP contribution is -2.27. The van der Waals surface area contributed by atoms with Crippen molar-refractivity contribution in [2.75, 3.05) is 26.0 Å². The summed E-state index contributed by atoms with van der Waals surface area (Å²) in [4.78, 5) is 11.9. The van der Waals surface area contributed by atoms with E-state index in [-0.39, 0.29) is 23.5 Å². The van der Waals surface area contributed by atoms with Gasteiger partial charge in [-0.25, -0.2) is 4.39 Å². The number of ether oxygens (including phenoxy) is 1. The van der Waals surface area contributed by atoms with E-state index in [4.69, 9.17) is 4.74 Å². The van der Waals surface area contributed by atoms with Crippen molar-refractivity contribution in [1.29, 1.82) is 0 Å². The van der Waals surface area contributed by atoms with Crippen LogP contribution in [0.5, 0.6) is 0 Å². The number of thioether (sulfide) groups is 1. The lowest BCUT2D eigenvalue weighted by atomic mass is 10.2. The Balaban J connectivity index is 1.67. The predicted octanol–water partition coefficient (Wildman–Crippen LogP) is 2.66. The molecule has 0 radical (unpaired) electrons. The Kier molecular flexibility index (Phi) is 6.04. The Morgan fingerprint density at radius 1 is 1.40 bits per heavy atom. The SMILES string of the molecule is COCCCNC(=O)CSc1nnc(-c2ccccc2F)n1C1CC1. The molecule has 134 valence electrons. The highest BCUT2D eigenvalue weighted by Gasteiger charge is 2.31. The summed E-state index contributed by atoms with van der Waals surface area (Å²) in [5, 5.41) is 11.9. The number of carbonyl (C=O) groups is 1. The van der Waals surface area contributed by atoms with Crippen LogP contribution in [0.15, 0.2) is 29.4 Å². The molecule has 1 aromatic carbocycles. The van der Waals surface area contributed by atoms with Crippen LogP contribution in [0.4, 0.5) is 4.39 Å². The Morgan fingerprint density at radius 2 is 2.20 bits per heavy atom. The van der Waals surface area contributed by atoms with E-state index in [0.717, 1.165) is 19.3 Å². The Hall–Kier alpha value is -1.93. The van der Waals surface area contributed by atoms with Crippen LogP contribution in [0.1, 0.15) is 25.3 Å². The number of hydrogen-bond donors (Lipinski definition) is 1. The van der Waals surface area contributed by atoms with E-state index < -0.39 is 0 Å². The molecule has 0 aliphatic heterocycles. The molecule has 0 atom stereocenters. The molecule has 0 spiro atoms. The van der Waals surface area contributed by atoms with Gasteiger partial charge in [-0.1, -0.05) is 23.9 Å². The molecule has 1 amide bonds. The third-order valence-electron chi connectivity index (χ3n) is 3.87. The highest BCUT2D eigenvalue weighted by atomic mass is 32.2. The number of nitrogens with one attached hydrogen (secondary N) is 1. The van der Waals surface area contributed by atoms with Gasteiger partial charge in [0.15, 0.2) is 11.0 Å². The van der Waals surface area contributed by atoms with E-state index in [9.17, 15) is 9.18 Å². The molecule has 1 aliphatic carbocycles. The maximum atomic E-state index is 14.1. The first-order chi connectivity index (χ1) is 12.2. The van der Waals surface area contributed by atoms with Crippen molar-refractivity contribution >= 4 is 17.7 Å². The molecule has 1 saturated carbocycles. The molecule has 25 heavy (non-hydrogen) atoms. The predicted molar refractivity (Wildman–Crippen MR) is 93.9 cm³/mol. The minimum absolute atomic E-state index is 0.0566. The van der Waals surface area contributed by atoms with Gasteiger partial charge in [-0.3, -0.25) is 9.36 Å². The molecular formula is C17H21FN4O2S. The second-order valence-electron chi connectivity index (χ2n) is 5.87. The number of aromatic nitrogens is 3. The molecule has 1 fully saturated rings. The fourth-order valence-electron chi connectivity index (χ4n) is 2.49. The maximum Gasteiger partial charge on any atom is 0.230 e. The van der Waals surface area contributed by atoms with Crippen LogP contribution >= 0.6 is 11.8 Å². The fraction of sp³-hybridized carbons (Fsp3) is 0.471. The van der Waals surface area contributed by atoms with E-state index in [2.05, 4.69) is 15.5 Å². The molecule has 1 heterocycles. The van der Waals surface area contributed by atoms with Crippen molar-refractivity contribution in [1.82, 2.24) is 20.1 Å². The van der Waals surface area contributed by atoms with Gasteiger partial charge >= 0.3 is 0 Å². The average molecular weight is 364 g/mol. The topological polar surface area (TPSA) is 69.0 Å². The first-order valence-corrected chi connectivity index (χ1v) is 9.27. The summed E-state index contributed by atoms with van der Waals surface area (Å²) in [5.74, 6) is 0.418. The van der Waals surface area contributed by atoms with E-state index in [1.165, 1.54) is 17.8 Å². The van der Waals surface area contributed by atoms with Crippen molar-refractivity contribution in [2.24, 2.45) is 0 Å². The number of carbonyl (C=O) groups excluding carboxylic acids is 1. The lowest BCUT2D eigenvalue weighted by Gasteiger charge is -2.09. The third kappa shape index (κ3) is 4.58. The largest absolute Gasteiger partial charge is 0.385 e. The molecule has 3 rings (SSSR count). The fourth-order valence-corrected chi connectivity index (χ4v) is 3.32. The number of amides is 1. The zero-order chi connectivity index (χ0) is 17.6. The lowest BCUT2D eigenvalue weighted by molar-refractivity contribution is -0.118. The minimum Gasteiger partial charge on any atom is -0.385 e. The van der Waals surface area contributed by atoms with Gasteiger partial charge in [-0.05, 0) is 31.4 Å². The Morgan fingerprint density at radius 3 is 2.92 bits per heavy atom. The van der Waals surface area contributed by atoms with Crippen LogP contribution in [-0.4, -0.2) is 46.7 Å². The molecule has 1 aliphatic rings. The molecule has 8 heteroatoms. The van der Waals surface area contributed by atoms with Gasteiger partial charge in [0.2, 0.25) is 5.91 Å². The van der Waals surface area contributed by atoms with Gasteiger partial charge < -0.3 is 10.1 Å². The van der Waals surface area contributed by atoms with Crippen LogP contribution in [-0.2, 0) is 9.53 Å². The Bertz CT molecular complexity index is 733. The van der Waals surface area contributed by atoms with E-state index in [1.54, 1.807) is 25.3 Å². The van der Waals surface area contributed by atoms with Crippen molar-refractivity contribution in [3.8, 4) is 11.4 Å². The highest BCUT2D eigenvalue weighted by molar-refractivity contribution is 7.99. The van der Waals surface area contributed by atoms with Gasteiger partial charge in [0.1, 0.15) is 5.82 Å². The van der Waals surface area contributed by atoms with Crippen molar-refractivity contribution in [3.63, 3.8) is 0 Å². The number of halogens is 1. The third-order valence-corrected chi connectivity index (χ3v) is 4.81. The van der Waals surface area contributed by atoms with Crippen LogP contribution in [0.3, 0.4) is 0 Å². The smallest absolute Gasteiger partial charge is 0.230 e. The monoisotopic (exact) mass is 364 g/mol. The summed E-state index contributed by atoms with van der Waals surface area (Å²) in [6.45, 7) is 1.21. The van der Waals surface area contributed by atoms with Gasteiger partial charge in [-0.15, -0.1) is 10.2 Å². The minimum atomic E-state index is -0.316. The standard InChI is InChI=1S/C17H21FN4O2S/c1-24-10-4-9-19-15(23)11-25-17-21-20-16(22(17)12-7-8-12)13-5-2-3-6-14(13)18/h2-3,5-6,12H,4,7-11H2,1H3,(H,19,23). The number of benzene rings is 1. The molecule has 2 aromatic rings. The van der Waals surface area contributed by atoms with Crippen LogP contribution in [0.2, 0.25) is 0 Å². The van der Waals surface area contributed by atoms with E-state index in [0.29, 0.717) is 29.7 Å². The molecule has 1 aromatic heterocycles. The van der Waals surface area contributed by atoms with Gasteiger partial charge in [0.05, 0.1) is 11.3 Å². The number of methoxy groups -OCH3 is 1. The highest BCUT2D eigenvalue weighted by Crippen LogP contribution is 2.41.